The summed E-state index contributed by atoms with van der Waals surface area (Å²) in [5, 5.41) is 0.950. The Morgan fingerprint density at radius 2 is 1.93 bits per heavy atom. The molecule has 0 radical (unpaired) electrons. The second-order valence-electron chi connectivity index (χ2n) is 6.99. The highest BCUT2D eigenvalue weighted by Gasteiger charge is 2.14. The number of hydrogen-bond donors (Lipinski definition) is 0. The summed E-state index contributed by atoms with van der Waals surface area (Å²) in [6, 6.07) is 17.0. The first-order valence-corrected chi connectivity index (χ1v) is 9.98. The van der Waals surface area contributed by atoms with E-state index >= 15 is 0 Å². The van der Waals surface area contributed by atoms with Crippen molar-refractivity contribution in [3.63, 3.8) is 0 Å². The number of aromatic nitrogens is 1. The van der Waals surface area contributed by atoms with Gasteiger partial charge >= 0.3 is 0 Å². The third-order valence-electron chi connectivity index (χ3n) is 4.84. The third kappa shape index (κ3) is 5.58. The number of benzene rings is 2. The Kier molecular flexibility index (Phi) is 7.24. The van der Waals surface area contributed by atoms with Gasteiger partial charge in [0.25, 0.3) is 5.91 Å². The van der Waals surface area contributed by atoms with E-state index in [0.29, 0.717) is 12.2 Å². The van der Waals surface area contributed by atoms with E-state index < -0.39 is 0 Å². The van der Waals surface area contributed by atoms with Gasteiger partial charge < -0.3 is 9.64 Å². The summed E-state index contributed by atoms with van der Waals surface area (Å²) in [6.07, 6.45) is 12.2. The molecule has 29 heavy (non-hydrogen) atoms. The standard InChI is InChI=1S/C25H26N2O2/c1-3-4-5-6-7-8-17-29-23-13-9-12-22(19-23)27(2)25(28)21-14-15-24-20(18-21)11-10-16-26-24/h1,9-16,18-19H,4-8,17H2,2H3. The van der Waals surface area contributed by atoms with Crippen molar-refractivity contribution >= 4 is 22.5 Å². The number of fused-ring (bicyclic) bond motifs is 1. The number of unbranched alkanes of at least 4 members (excludes halogenated alkanes) is 4. The quantitative estimate of drug-likeness (QED) is 0.361. The minimum Gasteiger partial charge on any atom is -0.494 e. The normalized spacial score (nSPS) is 10.5. The van der Waals surface area contributed by atoms with Gasteiger partial charge in [0, 0.05) is 42.4 Å². The van der Waals surface area contributed by atoms with Crippen LogP contribution in [0.1, 0.15) is 42.5 Å². The molecule has 0 spiro atoms. The summed E-state index contributed by atoms with van der Waals surface area (Å²) in [5.41, 5.74) is 2.31. The third-order valence-corrected chi connectivity index (χ3v) is 4.84. The Balaban J connectivity index is 1.60. The molecule has 148 valence electrons. The predicted octanol–water partition coefficient (Wildman–Crippen LogP) is 5.47. The summed E-state index contributed by atoms with van der Waals surface area (Å²) in [7, 11) is 1.78. The highest BCUT2D eigenvalue weighted by molar-refractivity contribution is 6.07. The Labute approximate surface area is 172 Å². The molecule has 0 bridgehead atoms. The number of anilines is 1. The first kappa shape index (κ1) is 20.4. The van der Waals surface area contributed by atoms with Gasteiger partial charge in [0.1, 0.15) is 5.75 Å². The lowest BCUT2D eigenvalue weighted by Crippen LogP contribution is -2.26. The first-order chi connectivity index (χ1) is 14.2. The van der Waals surface area contributed by atoms with Gasteiger partial charge in [-0.05, 0) is 49.2 Å². The van der Waals surface area contributed by atoms with E-state index in [2.05, 4.69) is 10.9 Å². The molecule has 1 aromatic heterocycles. The number of amides is 1. The maximum atomic E-state index is 12.9. The zero-order valence-corrected chi connectivity index (χ0v) is 16.8. The Bertz CT molecular complexity index is 1010. The molecule has 0 saturated carbocycles. The summed E-state index contributed by atoms with van der Waals surface area (Å²) in [6.45, 7) is 0.662. The van der Waals surface area contributed by atoms with Crippen LogP contribution >= 0.6 is 0 Å². The highest BCUT2D eigenvalue weighted by Crippen LogP contribution is 2.23. The Morgan fingerprint density at radius 3 is 2.79 bits per heavy atom. The van der Waals surface area contributed by atoms with Crippen molar-refractivity contribution in [1.29, 1.82) is 0 Å². The van der Waals surface area contributed by atoms with E-state index in [-0.39, 0.29) is 5.91 Å². The van der Waals surface area contributed by atoms with E-state index in [1.165, 1.54) is 0 Å². The average Bonchev–Trinajstić information content (AvgIpc) is 2.77. The largest absolute Gasteiger partial charge is 0.494 e. The van der Waals surface area contributed by atoms with Gasteiger partial charge in [-0.3, -0.25) is 9.78 Å². The second-order valence-corrected chi connectivity index (χ2v) is 6.99. The molecule has 2 aromatic carbocycles. The second kappa shape index (κ2) is 10.3. The fraction of sp³-hybridized carbons (Fsp3) is 0.280. The molecule has 1 heterocycles. The van der Waals surface area contributed by atoms with Gasteiger partial charge in [0.05, 0.1) is 12.1 Å². The van der Waals surface area contributed by atoms with Crippen molar-refractivity contribution in [3.05, 3.63) is 66.4 Å². The number of rotatable bonds is 9. The monoisotopic (exact) mass is 386 g/mol. The Morgan fingerprint density at radius 1 is 1.07 bits per heavy atom. The van der Waals surface area contributed by atoms with Gasteiger partial charge in [0.2, 0.25) is 0 Å². The lowest BCUT2D eigenvalue weighted by Gasteiger charge is -2.18. The van der Waals surface area contributed by atoms with Crippen LogP contribution in [-0.2, 0) is 0 Å². The minimum absolute atomic E-state index is 0.0681. The van der Waals surface area contributed by atoms with E-state index in [1.54, 1.807) is 18.1 Å². The molecule has 0 aliphatic heterocycles. The summed E-state index contributed by atoms with van der Waals surface area (Å²) in [4.78, 5) is 18.9. The first-order valence-electron chi connectivity index (χ1n) is 9.98. The average molecular weight is 386 g/mol. The van der Waals surface area contributed by atoms with Gasteiger partial charge in [-0.25, -0.2) is 0 Å². The molecule has 0 saturated heterocycles. The Hall–Kier alpha value is -3.32. The topological polar surface area (TPSA) is 42.4 Å². The number of carbonyl (C=O) groups excluding carboxylic acids is 1. The van der Waals surface area contributed by atoms with Crippen LogP contribution in [0, 0.1) is 12.3 Å². The van der Waals surface area contributed by atoms with Gasteiger partial charge in [-0.1, -0.05) is 25.0 Å². The number of ether oxygens (including phenoxy) is 1. The van der Waals surface area contributed by atoms with Crippen molar-refractivity contribution in [2.45, 2.75) is 32.1 Å². The number of terminal acetylenes is 1. The van der Waals surface area contributed by atoms with E-state index in [1.807, 2.05) is 54.6 Å². The number of pyridine rings is 1. The van der Waals surface area contributed by atoms with Crippen LogP contribution in [0.25, 0.3) is 10.9 Å². The van der Waals surface area contributed by atoms with Crippen LogP contribution in [0.2, 0.25) is 0 Å². The number of hydrogen-bond acceptors (Lipinski definition) is 3. The van der Waals surface area contributed by atoms with Crippen molar-refractivity contribution in [3.8, 4) is 18.1 Å². The molecule has 0 aliphatic rings. The zero-order valence-electron chi connectivity index (χ0n) is 16.8. The van der Waals surface area contributed by atoms with Crippen LogP contribution in [0.5, 0.6) is 5.75 Å². The molecule has 3 aromatic rings. The SMILES string of the molecule is C#CCCCCCCOc1cccc(N(C)C(=O)c2ccc3ncccc3c2)c1. The van der Waals surface area contributed by atoms with Gasteiger partial charge in [0.15, 0.2) is 0 Å². The lowest BCUT2D eigenvalue weighted by molar-refractivity contribution is 0.0993. The van der Waals surface area contributed by atoms with Crippen LogP contribution in [-0.4, -0.2) is 24.5 Å². The van der Waals surface area contributed by atoms with E-state index in [0.717, 1.165) is 54.4 Å². The van der Waals surface area contributed by atoms with E-state index in [9.17, 15) is 4.79 Å². The smallest absolute Gasteiger partial charge is 0.258 e. The molecule has 3 rings (SSSR count). The molecule has 4 nitrogen and oxygen atoms in total. The molecule has 0 fully saturated rings. The van der Waals surface area contributed by atoms with Gasteiger partial charge in [-0.15, -0.1) is 12.3 Å². The van der Waals surface area contributed by atoms with Crippen molar-refractivity contribution in [1.82, 2.24) is 4.98 Å². The summed E-state index contributed by atoms with van der Waals surface area (Å²) < 4.78 is 5.86. The van der Waals surface area contributed by atoms with Crippen molar-refractivity contribution in [2.24, 2.45) is 0 Å². The number of carbonyl (C=O) groups is 1. The maximum absolute atomic E-state index is 12.9. The van der Waals surface area contributed by atoms with Crippen LogP contribution < -0.4 is 9.64 Å². The fourth-order valence-corrected chi connectivity index (χ4v) is 3.17. The lowest BCUT2D eigenvalue weighted by atomic mass is 10.1. The molecule has 0 aliphatic carbocycles. The molecule has 0 atom stereocenters. The predicted molar refractivity (Wildman–Crippen MR) is 118 cm³/mol. The van der Waals surface area contributed by atoms with Crippen LogP contribution in [0.4, 0.5) is 5.69 Å². The molecule has 4 heteroatoms. The molecular formula is C25H26N2O2. The summed E-state index contributed by atoms with van der Waals surface area (Å²) >= 11 is 0. The maximum Gasteiger partial charge on any atom is 0.258 e. The highest BCUT2D eigenvalue weighted by atomic mass is 16.5. The molecule has 0 N–H and O–H groups in total. The minimum atomic E-state index is -0.0681. The number of nitrogens with zero attached hydrogens (tertiary/aromatic N) is 2. The van der Waals surface area contributed by atoms with Crippen LogP contribution in [0.3, 0.4) is 0 Å². The molecule has 0 unspecified atom stereocenters. The molecule has 1 amide bonds. The van der Waals surface area contributed by atoms with Crippen molar-refractivity contribution < 1.29 is 9.53 Å². The molecular weight excluding hydrogens is 360 g/mol. The van der Waals surface area contributed by atoms with Crippen molar-refractivity contribution in [2.75, 3.05) is 18.6 Å². The fourth-order valence-electron chi connectivity index (χ4n) is 3.17. The van der Waals surface area contributed by atoms with Crippen LogP contribution in [0.15, 0.2) is 60.8 Å². The zero-order chi connectivity index (χ0) is 20.5. The van der Waals surface area contributed by atoms with Gasteiger partial charge in [-0.2, -0.15) is 0 Å². The van der Waals surface area contributed by atoms with E-state index in [4.69, 9.17) is 11.2 Å². The summed E-state index contributed by atoms with van der Waals surface area (Å²) in [5.74, 6) is 3.37.